The first-order valence-electron chi connectivity index (χ1n) is 10.8. The Balaban J connectivity index is 1.49. The number of carbonyl (C=O) groups is 1. The summed E-state index contributed by atoms with van der Waals surface area (Å²) in [6.07, 6.45) is 2.26. The summed E-state index contributed by atoms with van der Waals surface area (Å²) in [5.74, 6) is 1.33. The highest BCUT2D eigenvalue weighted by Crippen LogP contribution is 2.43. The topological polar surface area (TPSA) is 59.8 Å². The third kappa shape index (κ3) is 4.46. The molecule has 1 atom stereocenters. The Labute approximate surface area is 191 Å². The van der Waals surface area contributed by atoms with Gasteiger partial charge in [-0.1, -0.05) is 78.0 Å². The molecule has 0 radical (unpaired) electrons. The zero-order chi connectivity index (χ0) is 21.9. The van der Waals surface area contributed by atoms with Gasteiger partial charge < -0.3 is 5.32 Å². The van der Waals surface area contributed by atoms with Gasteiger partial charge in [0.1, 0.15) is 11.1 Å². The second kappa shape index (κ2) is 9.01. The summed E-state index contributed by atoms with van der Waals surface area (Å²) in [5, 5.41) is 12.4. The number of rotatable bonds is 7. The lowest BCUT2D eigenvalue weighted by Gasteiger charge is -2.18. The minimum absolute atomic E-state index is 0.0827. The summed E-state index contributed by atoms with van der Waals surface area (Å²) in [6, 6.07) is 27.8. The zero-order valence-corrected chi connectivity index (χ0v) is 18.6. The second-order valence-corrected chi connectivity index (χ2v) is 9.12. The Kier molecular flexibility index (Phi) is 5.77. The molecule has 1 saturated carbocycles. The van der Waals surface area contributed by atoms with Gasteiger partial charge in [-0.25, -0.2) is 0 Å². The molecule has 6 heteroatoms. The van der Waals surface area contributed by atoms with E-state index in [1.165, 1.54) is 11.8 Å². The van der Waals surface area contributed by atoms with Crippen molar-refractivity contribution in [2.24, 2.45) is 0 Å². The van der Waals surface area contributed by atoms with Gasteiger partial charge in [0.25, 0.3) is 0 Å². The van der Waals surface area contributed by atoms with Crippen LogP contribution in [-0.4, -0.2) is 20.7 Å². The van der Waals surface area contributed by atoms with Crippen molar-refractivity contribution in [2.75, 3.05) is 5.32 Å². The molecule has 5 rings (SSSR count). The molecule has 1 N–H and O–H groups in total. The van der Waals surface area contributed by atoms with E-state index in [-0.39, 0.29) is 5.91 Å². The first-order valence-corrected chi connectivity index (χ1v) is 11.7. The summed E-state index contributed by atoms with van der Waals surface area (Å²) in [6.45, 7) is 2.03. The van der Waals surface area contributed by atoms with Crippen LogP contribution in [0.5, 0.6) is 0 Å². The highest BCUT2D eigenvalue weighted by atomic mass is 32.2. The summed E-state index contributed by atoms with van der Waals surface area (Å²) >= 11 is 1.44. The number of anilines is 1. The number of thioether (sulfide) groups is 1. The SMILES string of the molecule is Cc1ccc(NC(=O)[C@@H](Sc2nnc(C3CC3)n2-c2ccccc2)c2ccccc2)cc1. The number of hydrogen-bond acceptors (Lipinski definition) is 4. The van der Waals surface area contributed by atoms with Crippen LogP contribution in [0.1, 0.15) is 41.0 Å². The summed E-state index contributed by atoms with van der Waals surface area (Å²) < 4.78 is 2.11. The van der Waals surface area contributed by atoms with E-state index in [1.54, 1.807) is 0 Å². The molecule has 32 heavy (non-hydrogen) atoms. The second-order valence-electron chi connectivity index (χ2n) is 8.05. The van der Waals surface area contributed by atoms with Crippen molar-refractivity contribution in [3.63, 3.8) is 0 Å². The maximum Gasteiger partial charge on any atom is 0.242 e. The number of carbonyl (C=O) groups excluding carboxylic acids is 1. The molecule has 3 aromatic carbocycles. The predicted octanol–water partition coefficient (Wildman–Crippen LogP) is 5.93. The monoisotopic (exact) mass is 440 g/mol. The molecule has 0 unspecified atom stereocenters. The first kappa shape index (κ1) is 20.5. The highest BCUT2D eigenvalue weighted by molar-refractivity contribution is 8.00. The molecule has 1 aromatic heterocycles. The van der Waals surface area contributed by atoms with Gasteiger partial charge in [-0.2, -0.15) is 0 Å². The molecule has 4 aromatic rings. The lowest BCUT2D eigenvalue weighted by atomic mass is 10.1. The van der Waals surface area contributed by atoms with Crippen LogP contribution in [0.3, 0.4) is 0 Å². The van der Waals surface area contributed by atoms with Crippen molar-refractivity contribution >= 4 is 23.4 Å². The van der Waals surface area contributed by atoms with Crippen LogP contribution in [0.2, 0.25) is 0 Å². The molecular weight excluding hydrogens is 416 g/mol. The van der Waals surface area contributed by atoms with Gasteiger partial charge in [0, 0.05) is 17.3 Å². The third-order valence-electron chi connectivity index (χ3n) is 5.50. The number of aromatic nitrogens is 3. The number of amides is 1. The lowest BCUT2D eigenvalue weighted by molar-refractivity contribution is -0.115. The predicted molar refractivity (Wildman–Crippen MR) is 128 cm³/mol. The maximum absolute atomic E-state index is 13.4. The van der Waals surface area contributed by atoms with Gasteiger partial charge in [-0.3, -0.25) is 9.36 Å². The standard InChI is InChI=1S/C26H24N4OS/c1-18-12-16-21(17-13-18)27-25(31)23(19-8-4-2-5-9-19)32-26-29-28-24(20-14-15-20)30(26)22-10-6-3-7-11-22/h2-13,16-17,20,23H,14-15H2,1H3,(H,27,31)/t23-/m0/s1. The van der Waals surface area contributed by atoms with Gasteiger partial charge in [0.2, 0.25) is 5.91 Å². The van der Waals surface area contributed by atoms with E-state index in [0.717, 1.165) is 46.3 Å². The Morgan fingerprint density at radius 2 is 1.59 bits per heavy atom. The molecular formula is C26H24N4OS. The Morgan fingerprint density at radius 3 is 2.25 bits per heavy atom. The van der Waals surface area contributed by atoms with Crippen LogP contribution in [-0.2, 0) is 4.79 Å². The number of benzene rings is 3. The fourth-order valence-electron chi connectivity index (χ4n) is 3.63. The normalized spacial score (nSPS) is 14.2. The van der Waals surface area contributed by atoms with Crippen molar-refractivity contribution in [2.45, 2.75) is 36.1 Å². The van der Waals surface area contributed by atoms with Gasteiger partial charge in [0.15, 0.2) is 5.16 Å². The van der Waals surface area contributed by atoms with Crippen molar-refractivity contribution in [3.8, 4) is 5.69 Å². The summed E-state index contributed by atoms with van der Waals surface area (Å²) in [5.41, 5.74) is 3.89. The molecule has 0 spiro atoms. The van der Waals surface area contributed by atoms with Gasteiger partial charge in [-0.05, 0) is 49.6 Å². The quantitative estimate of drug-likeness (QED) is 0.362. The van der Waals surface area contributed by atoms with Crippen molar-refractivity contribution in [1.29, 1.82) is 0 Å². The first-order chi connectivity index (χ1) is 15.7. The van der Waals surface area contributed by atoms with E-state index in [2.05, 4.69) is 32.2 Å². The molecule has 160 valence electrons. The zero-order valence-electron chi connectivity index (χ0n) is 17.8. The minimum Gasteiger partial charge on any atom is -0.325 e. The van der Waals surface area contributed by atoms with E-state index < -0.39 is 5.25 Å². The average molecular weight is 441 g/mol. The summed E-state index contributed by atoms with van der Waals surface area (Å²) in [4.78, 5) is 13.4. The number of aryl methyl sites for hydroxylation is 1. The van der Waals surface area contributed by atoms with Gasteiger partial charge in [-0.15, -0.1) is 10.2 Å². The Bertz CT molecular complexity index is 1200. The smallest absolute Gasteiger partial charge is 0.242 e. The maximum atomic E-state index is 13.4. The van der Waals surface area contributed by atoms with E-state index in [1.807, 2.05) is 79.7 Å². The molecule has 0 bridgehead atoms. The molecule has 5 nitrogen and oxygen atoms in total. The van der Waals surface area contributed by atoms with E-state index >= 15 is 0 Å². The molecule has 1 heterocycles. The van der Waals surface area contributed by atoms with Crippen LogP contribution < -0.4 is 5.32 Å². The van der Waals surface area contributed by atoms with Crippen molar-refractivity contribution < 1.29 is 4.79 Å². The number of nitrogens with zero attached hydrogens (tertiary/aromatic N) is 3. The number of para-hydroxylation sites is 1. The molecule has 1 fully saturated rings. The minimum atomic E-state index is -0.462. The van der Waals surface area contributed by atoms with Gasteiger partial charge in [0.05, 0.1) is 0 Å². The fourth-order valence-corrected chi connectivity index (χ4v) is 4.70. The van der Waals surface area contributed by atoms with Crippen LogP contribution in [0.25, 0.3) is 5.69 Å². The van der Waals surface area contributed by atoms with Crippen LogP contribution in [0, 0.1) is 6.92 Å². The van der Waals surface area contributed by atoms with Crippen LogP contribution >= 0.6 is 11.8 Å². The average Bonchev–Trinajstić information content (AvgIpc) is 3.59. The lowest BCUT2D eigenvalue weighted by Crippen LogP contribution is -2.19. The number of nitrogens with one attached hydrogen (secondary N) is 1. The molecule has 1 aliphatic rings. The van der Waals surface area contributed by atoms with E-state index in [4.69, 9.17) is 0 Å². The largest absolute Gasteiger partial charge is 0.325 e. The van der Waals surface area contributed by atoms with Crippen molar-refractivity contribution in [3.05, 3.63) is 102 Å². The van der Waals surface area contributed by atoms with Crippen LogP contribution in [0.15, 0.2) is 90.1 Å². The molecule has 0 saturated heterocycles. The van der Waals surface area contributed by atoms with Crippen LogP contribution in [0.4, 0.5) is 5.69 Å². The van der Waals surface area contributed by atoms with Crippen molar-refractivity contribution in [1.82, 2.24) is 14.8 Å². The van der Waals surface area contributed by atoms with Gasteiger partial charge >= 0.3 is 0 Å². The Morgan fingerprint density at radius 1 is 0.938 bits per heavy atom. The molecule has 1 amide bonds. The number of hydrogen-bond donors (Lipinski definition) is 1. The summed E-state index contributed by atoms with van der Waals surface area (Å²) in [7, 11) is 0. The van der Waals surface area contributed by atoms with E-state index in [0.29, 0.717) is 5.92 Å². The molecule has 0 aliphatic heterocycles. The Hall–Kier alpha value is -3.38. The van der Waals surface area contributed by atoms with E-state index in [9.17, 15) is 4.79 Å². The highest BCUT2D eigenvalue weighted by Gasteiger charge is 2.33. The third-order valence-corrected chi connectivity index (χ3v) is 6.70. The molecule has 1 aliphatic carbocycles. The fraction of sp³-hybridized carbons (Fsp3) is 0.192.